The van der Waals surface area contributed by atoms with Crippen LogP contribution in [0.4, 0.5) is 24.7 Å². The van der Waals surface area contributed by atoms with Gasteiger partial charge in [0.15, 0.2) is 8.38 Å². The summed E-state index contributed by atoms with van der Waals surface area (Å²) in [6, 6.07) is 14.7. The maximum Gasteiger partial charge on any atom is 0.418 e. The van der Waals surface area contributed by atoms with Gasteiger partial charge in [-0.3, -0.25) is 4.98 Å². The zero-order valence-corrected chi connectivity index (χ0v) is 20.2. The fourth-order valence-electron chi connectivity index (χ4n) is 3.67. The first-order valence-electron chi connectivity index (χ1n) is 10.8. The molecule has 4 aromatic rings. The molecule has 3 N–H and O–H groups in total. The number of nitrogens with one attached hydrogen (secondary N) is 1. The molecule has 0 bridgehead atoms. The fraction of sp³-hybridized carbons (Fsp3) is 0.240. The normalized spacial score (nSPS) is 12.4. The lowest BCUT2D eigenvalue weighted by Crippen LogP contribution is -2.10. The molecule has 2 aromatic carbocycles. The van der Waals surface area contributed by atoms with E-state index in [9.17, 15) is 23.0 Å². The SMILES string of the molecule is CC(C)(C)c1ccc(Nc2nc(CP(O)O)nc3cc(-c4ncccc4C(F)(F)F)ccc23)cc1. The van der Waals surface area contributed by atoms with Crippen LogP contribution in [0.25, 0.3) is 22.2 Å². The molecule has 0 spiro atoms. The van der Waals surface area contributed by atoms with Crippen LogP contribution in [-0.4, -0.2) is 24.7 Å². The van der Waals surface area contributed by atoms with Crippen LogP contribution in [-0.2, 0) is 17.8 Å². The smallest absolute Gasteiger partial charge is 0.350 e. The van der Waals surface area contributed by atoms with Crippen LogP contribution >= 0.6 is 8.38 Å². The van der Waals surface area contributed by atoms with Gasteiger partial charge in [-0.15, -0.1) is 0 Å². The number of nitrogens with zero attached hydrogens (tertiary/aromatic N) is 3. The van der Waals surface area contributed by atoms with E-state index in [-0.39, 0.29) is 28.7 Å². The van der Waals surface area contributed by atoms with Gasteiger partial charge in [-0.2, -0.15) is 13.2 Å². The summed E-state index contributed by atoms with van der Waals surface area (Å²) in [4.78, 5) is 31.8. The highest BCUT2D eigenvalue weighted by Crippen LogP contribution is 2.37. The van der Waals surface area contributed by atoms with E-state index in [1.165, 1.54) is 18.3 Å². The third-order valence-corrected chi connectivity index (χ3v) is 5.99. The van der Waals surface area contributed by atoms with E-state index in [1.54, 1.807) is 12.1 Å². The van der Waals surface area contributed by atoms with E-state index in [1.807, 2.05) is 24.3 Å². The molecule has 0 saturated carbocycles. The van der Waals surface area contributed by atoms with Crippen molar-refractivity contribution in [2.24, 2.45) is 0 Å². The van der Waals surface area contributed by atoms with E-state index >= 15 is 0 Å². The Morgan fingerprint density at radius 2 is 1.66 bits per heavy atom. The first kappa shape index (κ1) is 25.0. The summed E-state index contributed by atoms with van der Waals surface area (Å²) in [5.74, 6) is 0.575. The Labute approximate surface area is 201 Å². The number of alkyl halides is 3. The van der Waals surface area contributed by atoms with E-state index in [0.717, 1.165) is 17.3 Å². The topological polar surface area (TPSA) is 91.2 Å². The van der Waals surface area contributed by atoms with Crippen LogP contribution in [0.5, 0.6) is 0 Å². The zero-order valence-electron chi connectivity index (χ0n) is 19.3. The number of aromatic nitrogens is 3. The number of hydrogen-bond acceptors (Lipinski definition) is 6. The predicted octanol–water partition coefficient (Wildman–Crippen LogP) is 6.55. The van der Waals surface area contributed by atoms with E-state index in [0.29, 0.717) is 16.7 Å². The summed E-state index contributed by atoms with van der Waals surface area (Å²) in [5, 5.41) is 3.80. The molecular weight excluding hydrogens is 476 g/mol. The maximum absolute atomic E-state index is 13.5. The van der Waals surface area contributed by atoms with Gasteiger partial charge in [0.25, 0.3) is 0 Å². The van der Waals surface area contributed by atoms with Crippen molar-refractivity contribution in [3.63, 3.8) is 0 Å². The molecule has 0 saturated heterocycles. The summed E-state index contributed by atoms with van der Waals surface area (Å²) in [6.45, 7) is 6.35. The number of benzene rings is 2. The molecule has 0 radical (unpaired) electrons. The van der Waals surface area contributed by atoms with Gasteiger partial charge < -0.3 is 15.1 Å². The molecule has 0 aliphatic carbocycles. The largest absolute Gasteiger partial charge is 0.418 e. The van der Waals surface area contributed by atoms with Gasteiger partial charge in [-0.1, -0.05) is 39.0 Å². The van der Waals surface area contributed by atoms with Crippen molar-refractivity contribution in [3.05, 3.63) is 77.7 Å². The number of halogens is 3. The summed E-state index contributed by atoms with van der Waals surface area (Å²) >= 11 is 0. The molecule has 2 heterocycles. The van der Waals surface area contributed by atoms with Crippen LogP contribution in [0.2, 0.25) is 0 Å². The first-order valence-corrected chi connectivity index (χ1v) is 12.2. The monoisotopic (exact) mass is 500 g/mol. The summed E-state index contributed by atoms with van der Waals surface area (Å²) < 4.78 is 40.6. The number of rotatable bonds is 5. The minimum Gasteiger partial charge on any atom is -0.350 e. The van der Waals surface area contributed by atoms with E-state index in [4.69, 9.17) is 0 Å². The Morgan fingerprint density at radius 1 is 0.943 bits per heavy atom. The summed E-state index contributed by atoms with van der Waals surface area (Å²) in [5.41, 5.74) is 1.45. The van der Waals surface area contributed by atoms with Crippen molar-refractivity contribution in [1.29, 1.82) is 0 Å². The molecule has 10 heteroatoms. The zero-order chi connectivity index (χ0) is 25.4. The molecule has 0 amide bonds. The second-order valence-corrected chi connectivity index (χ2v) is 10.2. The highest BCUT2D eigenvalue weighted by molar-refractivity contribution is 7.44. The van der Waals surface area contributed by atoms with Crippen molar-refractivity contribution in [2.45, 2.75) is 38.5 Å². The number of fused-ring (bicyclic) bond motifs is 1. The number of hydrogen-bond donors (Lipinski definition) is 3. The Morgan fingerprint density at radius 3 is 2.29 bits per heavy atom. The van der Waals surface area contributed by atoms with Gasteiger partial charge in [0.2, 0.25) is 0 Å². The van der Waals surface area contributed by atoms with Crippen molar-refractivity contribution in [3.8, 4) is 11.3 Å². The van der Waals surface area contributed by atoms with Crippen LogP contribution in [0.15, 0.2) is 60.8 Å². The molecule has 2 aromatic heterocycles. The highest BCUT2D eigenvalue weighted by atomic mass is 31.2. The molecule has 0 aliphatic heterocycles. The van der Waals surface area contributed by atoms with Crippen molar-refractivity contribution >= 4 is 30.8 Å². The van der Waals surface area contributed by atoms with Gasteiger partial charge >= 0.3 is 6.18 Å². The number of pyridine rings is 1. The van der Waals surface area contributed by atoms with Gasteiger partial charge in [-0.05, 0) is 47.4 Å². The van der Waals surface area contributed by atoms with Gasteiger partial charge in [0.05, 0.1) is 22.9 Å². The Balaban J connectivity index is 1.80. The molecule has 0 unspecified atom stereocenters. The van der Waals surface area contributed by atoms with Gasteiger partial charge in [-0.25, -0.2) is 9.97 Å². The standard InChI is InChI=1S/C25H24F3N4O2P/c1-24(2,3)16-7-9-17(10-8-16)30-23-18-11-6-15(13-20(18)31-21(32-23)14-35(33)34)22-19(25(26,27)28)5-4-12-29-22/h4-13,33-34H,14H2,1-3H3,(H,30,31,32). The van der Waals surface area contributed by atoms with Crippen LogP contribution in [0, 0.1) is 0 Å². The average Bonchev–Trinajstić information content (AvgIpc) is 2.77. The van der Waals surface area contributed by atoms with E-state index < -0.39 is 20.1 Å². The molecule has 0 fully saturated rings. The van der Waals surface area contributed by atoms with Crippen molar-refractivity contribution in [2.75, 3.05) is 5.32 Å². The number of anilines is 2. The predicted molar refractivity (Wildman–Crippen MR) is 131 cm³/mol. The van der Waals surface area contributed by atoms with Gasteiger partial charge in [0, 0.05) is 22.8 Å². The third kappa shape index (κ3) is 5.75. The van der Waals surface area contributed by atoms with Crippen LogP contribution in [0.1, 0.15) is 37.7 Å². The minimum absolute atomic E-state index is 0.0100. The summed E-state index contributed by atoms with van der Waals surface area (Å²) in [7, 11) is -2.31. The molecule has 4 rings (SSSR count). The van der Waals surface area contributed by atoms with Crippen LogP contribution < -0.4 is 5.32 Å². The Hall–Kier alpha value is -3.13. The first-order chi connectivity index (χ1) is 16.4. The van der Waals surface area contributed by atoms with Crippen molar-refractivity contribution < 1.29 is 23.0 Å². The minimum atomic E-state index is -4.56. The van der Waals surface area contributed by atoms with E-state index in [2.05, 4.69) is 41.0 Å². The third-order valence-electron chi connectivity index (χ3n) is 5.43. The molecule has 6 nitrogen and oxygen atoms in total. The second-order valence-electron chi connectivity index (χ2n) is 9.10. The Bertz CT molecular complexity index is 1350. The molecular formula is C25H24F3N4O2P. The quantitative estimate of drug-likeness (QED) is 0.269. The molecule has 0 aliphatic rings. The summed E-state index contributed by atoms with van der Waals surface area (Å²) in [6.07, 6.45) is -3.44. The average molecular weight is 500 g/mol. The maximum atomic E-state index is 13.5. The molecule has 35 heavy (non-hydrogen) atoms. The van der Waals surface area contributed by atoms with Crippen LogP contribution in [0.3, 0.4) is 0 Å². The molecule has 182 valence electrons. The molecule has 0 atom stereocenters. The highest BCUT2D eigenvalue weighted by Gasteiger charge is 2.34. The fourth-order valence-corrected chi connectivity index (χ4v) is 4.07. The van der Waals surface area contributed by atoms with Gasteiger partial charge in [0.1, 0.15) is 11.6 Å². The Kier molecular flexibility index (Phi) is 6.77. The lowest BCUT2D eigenvalue weighted by atomic mass is 9.87. The van der Waals surface area contributed by atoms with Crippen molar-refractivity contribution in [1.82, 2.24) is 15.0 Å². The lowest BCUT2D eigenvalue weighted by Gasteiger charge is -2.19. The lowest BCUT2D eigenvalue weighted by molar-refractivity contribution is -0.137. The second kappa shape index (κ2) is 9.49.